The highest BCUT2D eigenvalue weighted by molar-refractivity contribution is 5.97. The van der Waals surface area contributed by atoms with Gasteiger partial charge in [-0.2, -0.15) is 5.26 Å². The Labute approximate surface area is 165 Å². The molecule has 3 aromatic rings. The number of nitrogens with zero attached hydrogens (tertiary/aromatic N) is 2. The van der Waals surface area contributed by atoms with Gasteiger partial charge in [0.1, 0.15) is 5.82 Å². The Morgan fingerprint density at radius 3 is 2.69 bits per heavy atom. The minimum atomic E-state index is -0.711. The van der Waals surface area contributed by atoms with Crippen LogP contribution in [0, 0.1) is 17.1 Å². The molecule has 1 aromatic heterocycles. The number of carbonyl (C=O) groups is 2. The van der Waals surface area contributed by atoms with Gasteiger partial charge in [0.2, 0.25) is 5.89 Å². The largest absolute Gasteiger partial charge is 0.452 e. The second kappa shape index (κ2) is 9.28. The standard InChI is InChI=1S/C21H16FN3O4/c22-15-8-6-14(7-9-15)18-12-25-20(29-18)16-4-1-2-5-17(16)21(27)28-13-19(26)24-11-3-10-23/h1-2,4-9,12H,3,11,13H2,(H,24,26). The van der Waals surface area contributed by atoms with Crippen molar-refractivity contribution in [3.63, 3.8) is 0 Å². The number of aromatic nitrogens is 1. The average Bonchev–Trinajstić information content (AvgIpc) is 3.23. The van der Waals surface area contributed by atoms with Crippen molar-refractivity contribution in [3.8, 4) is 28.8 Å². The number of nitrogens with one attached hydrogen (secondary N) is 1. The van der Waals surface area contributed by atoms with Crippen molar-refractivity contribution in [2.75, 3.05) is 13.2 Å². The third kappa shape index (κ3) is 5.05. The van der Waals surface area contributed by atoms with E-state index in [-0.39, 0.29) is 30.2 Å². The van der Waals surface area contributed by atoms with Crippen LogP contribution in [-0.4, -0.2) is 30.0 Å². The summed E-state index contributed by atoms with van der Waals surface area (Å²) in [7, 11) is 0. The monoisotopic (exact) mass is 393 g/mol. The molecule has 8 heteroatoms. The van der Waals surface area contributed by atoms with Gasteiger partial charge in [-0.05, 0) is 36.4 Å². The molecule has 0 saturated heterocycles. The minimum Gasteiger partial charge on any atom is -0.452 e. The molecule has 2 aromatic carbocycles. The van der Waals surface area contributed by atoms with Crippen LogP contribution >= 0.6 is 0 Å². The topological polar surface area (TPSA) is 105 Å². The van der Waals surface area contributed by atoms with E-state index in [0.29, 0.717) is 16.9 Å². The molecule has 0 atom stereocenters. The van der Waals surface area contributed by atoms with Crippen LogP contribution in [0.25, 0.3) is 22.8 Å². The van der Waals surface area contributed by atoms with Crippen molar-refractivity contribution in [1.29, 1.82) is 5.26 Å². The Morgan fingerprint density at radius 2 is 1.93 bits per heavy atom. The highest BCUT2D eigenvalue weighted by Gasteiger charge is 2.19. The third-order valence-electron chi connectivity index (χ3n) is 3.91. The number of carbonyl (C=O) groups excluding carboxylic acids is 2. The molecule has 0 spiro atoms. The molecule has 29 heavy (non-hydrogen) atoms. The van der Waals surface area contributed by atoms with E-state index in [2.05, 4.69) is 10.3 Å². The molecule has 146 valence electrons. The van der Waals surface area contributed by atoms with Gasteiger partial charge in [0.25, 0.3) is 5.91 Å². The lowest BCUT2D eigenvalue weighted by atomic mass is 10.1. The number of halogens is 1. The molecular formula is C21H16FN3O4. The Morgan fingerprint density at radius 1 is 1.17 bits per heavy atom. The zero-order valence-electron chi connectivity index (χ0n) is 15.2. The maximum absolute atomic E-state index is 13.1. The molecule has 0 saturated carbocycles. The van der Waals surface area contributed by atoms with E-state index in [0.717, 1.165) is 0 Å². The molecule has 1 amide bonds. The van der Waals surface area contributed by atoms with Gasteiger partial charge in [-0.3, -0.25) is 4.79 Å². The number of rotatable bonds is 7. The molecule has 1 heterocycles. The lowest BCUT2D eigenvalue weighted by Gasteiger charge is -2.08. The Hall–Kier alpha value is -3.99. The summed E-state index contributed by atoms with van der Waals surface area (Å²) in [6.07, 6.45) is 1.65. The SMILES string of the molecule is N#CCCNC(=O)COC(=O)c1ccccc1-c1ncc(-c2ccc(F)cc2)o1. The predicted octanol–water partition coefficient (Wildman–Crippen LogP) is 3.33. The lowest BCUT2D eigenvalue weighted by Crippen LogP contribution is -2.29. The van der Waals surface area contributed by atoms with E-state index in [4.69, 9.17) is 14.4 Å². The maximum atomic E-state index is 13.1. The minimum absolute atomic E-state index is 0.170. The summed E-state index contributed by atoms with van der Waals surface area (Å²) >= 11 is 0. The first-order chi connectivity index (χ1) is 14.1. The van der Waals surface area contributed by atoms with E-state index in [1.807, 2.05) is 6.07 Å². The summed E-state index contributed by atoms with van der Waals surface area (Å²) in [4.78, 5) is 28.3. The van der Waals surface area contributed by atoms with E-state index in [1.54, 1.807) is 30.3 Å². The van der Waals surface area contributed by atoms with Crippen LogP contribution in [0.4, 0.5) is 4.39 Å². The summed E-state index contributed by atoms with van der Waals surface area (Å²) in [5.41, 5.74) is 1.22. The summed E-state index contributed by atoms with van der Waals surface area (Å²) in [6.45, 7) is -0.281. The van der Waals surface area contributed by atoms with Gasteiger partial charge in [0.15, 0.2) is 12.4 Å². The molecule has 0 aliphatic heterocycles. The van der Waals surface area contributed by atoms with Gasteiger partial charge in [0, 0.05) is 12.1 Å². The highest BCUT2D eigenvalue weighted by Crippen LogP contribution is 2.28. The molecule has 0 radical (unpaired) electrons. The fraction of sp³-hybridized carbons (Fsp3) is 0.143. The fourth-order valence-electron chi connectivity index (χ4n) is 2.51. The van der Waals surface area contributed by atoms with Crippen LogP contribution < -0.4 is 5.32 Å². The normalized spacial score (nSPS) is 10.2. The summed E-state index contributed by atoms with van der Waals surface area (Å²) < 4.78 is 23.9. The van der Waals surface area contributed by atoms with Gasteiger partial charge >= 0.3 is 5.97 Å². The number of oxazole rings is 1. The number of amides is 1. The van der Waals surface area contributed by atoms with Gasteiger partial charge in [-0.25, -0.2) is 14.2 Å². The lowest BCUT2D eigenvalue weighted by molar-refractivity contribution is -0.124. The summed E-state index contributed by atoms with van der Waals surface area (Å²) in [5.74, 6) is -0.966. The van der Waals surface area contributed by atoms with Crippen molar-refractivity contribution in [1.82, 2.24) is 10.3 Å². The Bertz CT molecular complexity index is 1050. The Kier molecular flexibility index (Phi) is 6.32. The third-order valence-corrected chi connectivity index (χ3v) is 3.91. The average molecular weight is 393 g/mol. The van der Waals surface area contributed by atoms with Crippen molar-refractivity contribution in [2.24, 2.45) is 0 Å². The van der Waals surface area contributed by atoms with Crippen molar-refractivity contribution >= 4 is 11.9 Å². The van der Waals surface area contributed by atoms with Gasteiger partial charge in [-0.1, -0.05) is 12.1 Å². The van der Waals surface area contributed by atoms with Gasteiger partial charge < -0.3 is 14.5 Å². The predicted molar refractivity (Wildman–Crippen MR) is 101 cm³/mol. The Balaban J connectivity index is 1.74. The quantitative estimate of drug-likeness (QED) is 0.488. The first kappa shape index (κ1) is 19.8. The number of esters is 1. The van der Waals surface area contributed by atoms with Crippen LogP contribution in [0.2, 0.25) is 0 Å². The van der Waals surface area contributed by atoms with Gasteiger partial charge in [0.05, 0.1) is 29.8 Å². The zero-order valence-corrected chi connectivity index (χ0v) is 15.2. The summed E-state index contributed by atoms with van der Waals surface area (Å²) in [6, 6.07) is 14.2. The smallest absolute Gasteiger partial charge is 0.339 e. The van der Waals surface area contributed by atoms with Crippen LogP contribution in [-0.2, 0) is 9.53 Å². The van der Waals surface area contributed by atoms with E-state index in [9.17, 15) is 14.0 Å². The van der Waals surface area contributed by atoms with E-state index < -0.39 is 18.5 Å². The van der Waals surface area contributed by atoms with Crippen LogP contribution in [0.5, 0.6) is 0 Å². The number of benzene rings is 2. The molecule has 0 aliphatic rings. The molecule has 3 rings (SSSR count). The van der Waals surface area contributed by atoms with Crippen LogP contribution in [0.3, 0.4) is 0 Å². The molecule has 7 nitrogen and oxygen atoms in total. The number of hydrogen-bond acceptors (Lipinski definition) is 6. The van der Waals surface area contributed by atoms with Gasteiger partial charge in [-0.15, -0.1) is 0 Å². The summed E-state index contributed by atoms with van der Waals surface area (Å²) in [5, 5.41) is 10.9. The van der Waals surface area contributed by atoms with E-state index in [1.165, 1.54) is 24.4 Å². The molecule has 0 fully saturated rings. The second-order valence-electron chi connectivity index (χ2n) is 5.92. The van der Waals surface area contributed by atoms with Crippen LogP contribution in [0.1, 0.15) is 16.8 Å². The second-order valence-corrected chi connectivity index (χ2v) is 5.92. The van der Waals surface area contributed by atoms with Crippen molar-refractivity contribution < 1.29 is 23.1 Å². The van der Waals surface area contributed by atoms with Crippen LogP contribution in [0.15, 0.2) is 59.1 Å². The number of hydrogen-bond donors (Lipinski definition) is 1. The molecule has 0 bridgehead atoms. The number of nitriles is 1. The van der Waals surface area contributed by atoms with Crippen molar-refractivity contribution in [3.05, 3.63) is 66.1 Å². The maximum Gasteiger partial charge on any atom is 0.339 e. The molecular weight excluding hydrogens is 377 g/mol. The highest BCUT2D eigenvalue weighted by atomic mass is 19.1. The molecule has 1 N–H and O–H groups in total. The number of ether oxygens (including phenoxy) is 1. The fourth-order valence-corrected chi connectivity index (χ4v) is 2.51. The van der Waals surface area contributed by atoms with Crippen molar-refractivity contribution in [2.45, 2.75) is 6.42 Å². The molecule has 0 aliphatic carbocycles. The van der Waals surface area contributed by atoms with E-state index >= 15 is 0 Å². The zero-order chi connectivity index (χ0) is 20.6. The first-order valence-electron chi connectivity index (χ1n) is 8.70. The molecule has 0 unspecified atom stereocenters. The first-order valence-corrected chi connectivity index (χ1v) is 8.70.